The van der Waals surface area contributed by atoms with Crippen LogP contribution in [-0.4, -0.2) is 43.5 Å². The summed E-state index contributed by atoms with van der Waals surface area (Å²) in [6, 6.07) is 6.17. The first-order chi connectivity index (χ1) is 9.61. The third-order valence-corrected chi connectivity index (χ3v) is 4.08. The SMILES string of the molecule is CNc1ccc(C(=O)NCC(C)N2CCCC2)cc1C. The number of amides is 1. The molecule has 1 fully saturated rings. The number of likely N-dealkylation sites (tertiary alicyclic amines) is 1. The highest BCUT2D eigenvalue weighted by Gasteiger charge is 2.18. The van der Waals surface area contributed by atoms with Crippen LogP contribution in [0.25, 0.3) is 0 Å². The predicted octanol–water partition coefficient (Wildman–Crippen LogP) is 2.25. The molecule has 1 amide bonds. The number of benzene rings is 1. The lowest BCUT2D eigenvalue weighted by molar-refractivity contribution is 0.0940. The van der Waals surface area contributed by atoms with Crippen LogP contribution in [0, 0.1) is 6.92 Å². The first-order valence-corrected chi connectivity index (χ1v) is 7.42. The maximum Gasteiger partial charge on any atom is 0.251 e. The molecule has 0 bridgehead atoms. The van der Waals surface area contributed by atoms with E-state index in [4.69, 9.17) is 0 Å². The van der Waals surface area contributed by atoms with Gasteiger partial charge in [-0.05, 0) is 63.5 Å². The van der Waals surface area contributed by atoms with Gasteiger partial charge in [-0.15, -0.1) is 0 Å². The Morgan fingerprint density at radius 3 is 2.65 bits per heavy atom. The van der Waals surface area contributed by atoms with E-state index in [0.29, 0.717) is 12.6 Å². The van der Waals surface area contributed by atoms with Crippen molar-refractivity contribution < 1.29 is 4.79 Å². The summed E-state index contributed by atoms with van der Waals surface area (Å²) in [4.78, 5) is 14.6. The van der Waals surface area contributed by atoms with Crippen molar-refractivity contribution in [2.75, 3.05) is 32.0 Å². The molecule has 1 atom stereocenters. The predicted molar refractivity (Wildman–Crippen MR) is 83.3 cm³/mol. The molecule has 4 heteroatoms. The molecule has 2 rings (SSSR count). The fraction of sp³-hybridized carbons (Fsp3) is 0.562. The minimum atomic E-state index is 0.0156. The second-order valence-electron chi connectivity index (χ2n) is 5.58. The Labute approximate surface area is 121 Å². The van der Waals surface area contributed by atoms with Gasteiger partial charge in [-0.2, -0.15) is 0 Å². The monoisotopic (exact) mass is 275 g/mol. The molecule has 0 spiro atoms. The van der Waals surface area contributed by atoms with Crippen molar-refractivity contribution in [3.05, 3.63) is 29.3 Å². The van der Waals surface area contributed by atoms with Gasteiger partial charge in [0.15, 0.2) is 0 Å². The van der Waals surface area contributed by atoms with Gasteiger partial charge in [0.1, 0.15) is 0 Å². The van der Waals surface area contributed by atoms with Gasteiger partial charge in [0, 0.05) is 30.9 Å². The fourth-order valence-corrected chi connectivity index (χ4v) is 2.74. The molecule has 0 radical (unpaired) electrons. The second-order valence-corrected chi connectivity index (χ2v) is 5.58. The van der Waals surface area contributed by atoms with Crippen LogP contribution in [0.4, 0.5) is 5.69 Å². The largest absolute Gasteiger partial charge is 0.388 e. The van der Waals surface area contributed by atoms with Crippen LogP contribution in [0.2, 0.25) is 0 Å². The maximum absolute atomic E-state index is 12.2. The van der Waals surface area contributed by atoms with E-state index in [1.54, 1.807) is 0 Å². The van der Waals surface area contributed by atoms with Gasteiger partial charge in [-0.1, -0.05) is 0 Å². The molecule has 0 aliphatic carbocycles. The molecule has 1 aromatic rings. The molecule has 1 heterocycles. The first-order valence-electron chi connectivity index (χ1n) is 7.42. The van der Waals surface area contributed by atoms with Gasteiger partial charge in [0.05, 0.1) is 0 Å². The zero-order valence-corrected chi connectivity index (χ0v) is 12.7. The van der Waals surface area contributed by atoms with Crippen molar-refractivity contribution in [3.8, 4) is 0 Å². The average molecular weight is 275 g/mol. The van der Waals surface area contributed by atoms with Crippen molar-refractivity contribution in [3.63, 3.8) is 0 Å². The molecular formula is C16H25N3O. The number of rotatable bonds is 5. The van der Waals surface area contributed by atoms with Crippen LogP contribution in [0.1, 0.15) is 35.7 Å². The van der Waals surface area contributed by atoms with Crippen molar-refractivity contribution in [1.29, 1.82) is 0 Å². The number of carbonyl (C=O) groups excluding carboxylic acids is 1. The van der Waals surface area contributed by atoms with Gasteiger partial charge in [0.25, 0.3) is 5.91 Å². The summed E-state index contributed by atoms with van der Waals surface area (Å²) in [6.45, 7) is 7.22. The lowest BCUT2D eigenvalue weighted by Gasteiger charge is -2.23. The van der Waals surface area contributed by atoms with Gasteiger partial charge < -0.3 is 10.6 Å². The Morgan fingerprint density at radius 2 is 2.05 bits per heavy atom. The van der Waals surface area contributed by atoms with E-state index in [9.17, 15) is 4.79 Å². The highest BCUT2D eigenvalue weighted by atomic mass is 16.1. The van der Waals surface area contributed by atoms with Crippen molar-refractivity contribution in [1.82, 2.24) is 10.2 Å². The molecule has 20 heavy (non-hydrogen) atoms. The molecule has 1 aromatic carbocycles. The Bertz CT molecular complexity index is 467. The minimum absolute atomic E-state index is 0.0156. The van der Waals surface area contributed by atoms with Gasteiger partial charge >= 0.3 is 0 Å². The zero-order chi connectivity index (χ0) is 14.5. The first kappa shape index (κ1) is 14.9. The zero-order valence-electron chi connectivity index (χ0n) is 12.7. The van der Waals surface area contributed by atoms with E-state index in [0.717, 1.165) is 29.9 Å². The van der Waals surface area contributed by atoms with Crippen molar-refractivity contribution in [2.24, 2.45) is 0 Å². The summed E-state index contributed by atoms with van der Waals surface area (Å²) >= 11 is 0. The van der Waals surface area contributed by atoms with Crippen LogP contribution in [0.3, 0.4) is 0 Å². The van der Waals surface area contributed by atoms with E-state index in [1.807, 2.05) is 32.2 Å². The number of aryl methyl sites for hydroxylation is 1. The molecule has 1 unspecified atom stereocenters. The molecule has 2 N–H and O–H groups in total. The normalized spacial score (nSPS) is 16.9. The Morgan fingerprint density at radius 1 is 1.35 bits per heavy atom. The van der Waals surface area contributed by atoms with E-state index < -0.39 is 0 Å². The standard InChI is InChI=1S/C16H25N3O/c1-12-10-14(6-7-15(12)17-3)16(20)18-11-13(2)19-8-4-5-9-19/h6-7,10,13,17H,4-5,8-9,11H2,1-3H3,(H,18,20). The number of nitrogens with zero attached hydrogens (tertiary/aromatic N) is 1. The van der Waals surface area contributed by atoms with E-state index in [2.05, 4.69) is 22.5 Å². The van der Waals surface area contributed by atoms with E-state index in [1.165, 1.54) is 12.8 Å². The van der Waals surface area contributed by atoms with Crippen molar-refractivity contribution in [2.45, 2.75) is 32.7 Å². The fourth-order valence-electron chi connectivity index (χ4n) is 2.74. The number of hydrogen-bond acceptors (Lipinski definition) is 3. The third kappa shape index (κ3) is 3.51. The maximum atomic E-state index is 12.2. The molecule has 1 aliphatic heterocycles. The summed E-state index contributed by atoms with van der Waals surface area (Å²) in [6.07, 6.45) is 2.56. The summed E-state index contributed by atoms with van der Waals surface area (Å²) in [5.41, 5.74) is 2.88. The highest BCUT2D eigenvalue weighted by molar-refractivity contribution is 5.94. The highest BCUT2D eigenvalue weighted by Crippen LogP contribution is 2.16. The summed E-state index contributed by atoms with van der Waals surface area (Å²) in [7, 11) is 1.89. The third-order valence-electron chi connectivity index (χ3n) is 4.08. The number of anilines is 1. The van der Waals surface area contributed by atoms with Gasteiger partial charge in [0.2, 0.25) is 0 Å². The average Bonchev–Trinajstić information content (AvgIpc) is 2.98. The molecule has 1 aliphatic rings. The summed E-state index contributed by atoms with van der Waals surface area (Å²) in [5, 5.41) is 6.15. The van der Waals surface area contributed by atoms with Crippen LogP contribution in [0.5, 0.6) is 0 Å². The molecule has 4 nitrogen and oxygen atoms in total. The molecule has 0 saturated carbocycles. The number of hydrogen-bond donors (Lipinski definition) is 2. The van der Waals surface area contributed by atoms with Crippen LogP contribution < -0.4 is 10.6 Å². The van der Waals surface area contributed by atoms with E-state index in [-0.39, 0.29) is 5.91 Å². The van der Waals surface area contributed by atoms with Crippen LogP contribution in [0.15, 0.2) is 18.2 Å². The minimum Gasteiger partial charge on any atom is -0.388 e. The molecule has 0 aromatic heterocycles. The summed E-state index contributed by atoms with van der Waals surface area (Å²) < 4.78 is 0. The Balaban J connectivity index is 1.89. The van der Waals surface area contributed by atoms with Crippen LogP contribution in [-0.2, 0) is 0 Å². The smallest absolute Gasteiger partial charge is 0.251 e. The second kappa shape index (κ2) is 6.75. The lowest BCUT2D eigenvalue weighted by Crippen LogP contribution is -2.40. The van der Waals surface area contributed by atoms with Crippen LogP contribution >= 0.6 is 0 Å². The number of carbonyl (C=O) groups is 1. The lowest BCUT2D eigenvalue weighted by atomic mass is 10.1. The van der Waals surface area contributed by atoms with Crippen molar-refractivity contribution >= 4 is 11.6 Å². The quantitative estimate of drug-likeness (QED) is 0.866. The Hall–Kier alpha value is -1.55. The molecule has 110 valence electrons. The topological polar surface area (TPSA) is 44.4 Å². The Kier molecular flexibility index (Phi) is 5.01. The van der Waals surface area contributed by atoms with E-state index >= 15 is 0 Å². The summed E-state index contributed by atoms with van der Waals surface area (Å²) in [5.74, 6) is 0.0156. The molecule has 1 saturated heterocycles. The molecular weight excluding hydrogens is 250 g/mol. The van der Waals surface area contributed by atoms with Gasteiger partial charge in [-0.3, -0.25) is 9.69 Å². The van der Waals surface area contributed by atoms with Gasteiger partial charge in [-0.25, -0.2) is 0 Å². The number of nitrogens with one attached hydrogen (secondary N) is 2.